The van der Waals surface area contributed by atoms with E-state index in [0.29, 0.717) is 12.0 Å². The summed E-state index contributed by atoms with van der Waals surface area (Å²) in [5, 5.41) is 0. The molecule has 2 aliphatic heterocycles. The van der Waals surface area contributed by atoms with Gasteiger partial charge in [-0.25, -0.2) is 0 Å². The molecule has 1 saturated carbocycles. The van der Waals surface area contributed by atoms with Crippen LogP contribution >= 0.6 is 0 Å². The number of carbonyl (C=O) groups excluding carboxylic acids is 1. The van der Waals surface area contributed by atoms with Gasteiger partial charge in [-0.3, -0.25) is 9.69 Å². The topological polar surface area (TPSA) is 32.8 Å². The Labute approximate surface area is 134 Å². The van der Waals surface area contributed by atoms with Crippen molar-refractivity contribution < 1.29 is 9.53 Å². The molecule has 0 aromatic rings. The molecule has 124 valence electrons. The maximum atomic E-state index is 12.3. The summed E-state index contributed by atoms with van der Waals surface area (Å²) in [6.07, 6.45) is 9.50. The van der Waals surface area contributed by atoms with Gasteiger partial charge in [0.1, 0.15) is 0 Å². The number of fused-ring (bicyclic) bond motifs is 1. The number of hydrogen-bond acceptors (Lipinski definition) is 3. The molecule has 22 heavy (non-hydrogen) atoms. The molecule has 0 spiro atoms. The monoisotopic (exact) mass is 306 g/mol. The second-order valence-electron chi connectivity index (χ2n) is 7.47. The zero-order valence-corrected chi connectivity index (χ0v) is 14.0. The second-order valence-corrected chi connectivity index (χ2v) is 7.47. The summed E-state index contributed by atoms with van der Waals surface area (Å²) >= 11 is 0. The van der Waals surface area contributed by atoms with Crippen LogP contribution in [0.25, 0.3) is 0 Å². The lowest BCUT2D eigenvalue weighted by Gasteiger charge is -2.38. The number of nitrogens with zero attached hydrogens (tertiary/aromatic N) is 2. The maximum Gasteiger partial charge on any atom is 0.246 e. The van der Waals surface area contributed by atoms with Crippen LogP contribution in [-0.4, -0.2) is 60.6 Å². The standard InChI is InChI=1S/C18H30N2O2/c1-14(2)7-8-18(21)20-12-16-17(13-20)22-10-9-19(16)11-15-5-3-4-6-15/h7-8,14-17H,3-6,9-13H2,1-2H3/b8-7+/t16-,17-/m0/s1. The number of allylic oxidation sites excluding steroid dienone is 1. The highest BCUT2D eigenvalue weighted by Crippen LogP contribution is 2.29. The van der Waals surface area contributed by atoms with Gasteiger partial charge in [0.25, 0.3) is 0 Å². The van der Waals surface area contributed by atoms with Crippen LogP contribution in [0.4, 0.5) is 0 Å². The Bertz CT molecular complexity index is 415. The molecule has 0 aromatic heterocycles. The predicted octanol–water partition coefficient (Wildman–Crippen LogP) is 2.30. The molecule has 2 saturated heterocycles. The predicted molar refractivity (Wildman–Crippen MR) is 87.6 cm³/mol. The molecule has 0 bridgehead atoms. The van der Waals surface area contributed by atoms with Crippen LogP contribution in [0.3, 0.4) is 0 Å². The summed E-state index contributed by atoms with van der Waals surface area (Å²) in [5.41, 5.74) is 0. The SMILES string of the molecule is CC(C)/C=C/C(=O)N1C[C@@H]2OCCN(CC3CCCC3)[C@H]2C1. The Kier molecular flexibility index (Phi) is 5.19. The molecule has 3 aliphatic rings. The van der Waals surface area contributed by atoms with Crippen molar-refractivity contribution in [1.82, 2.24) is 9.80 Å². The van der Waals surface area contributed by atoms with Crippen molar-refractivity contribution in [3.8, 4) is 0 Å². The van der Waals surface area contributed by atoms with Crippen LogP contribution in [0.15, 0.2) is 12.2 Å². The summed E-state index contributed by atoms with van der Waals surface area (Å²) in [5.74, 6) is 1.43. The third-order valence-corrected chi connectivity index (χ3v) is 5.32. The molecule has 0 unspecified atom stereocenters. The van der Waals surface area contributed by atoms with E-state index >= 15 is 0 Å². The summed E-state index contributed by atoms with van der Waals surface area (Å²) in [4.78, 5) is 16.9. The second kappa shape index (κ2) is 7.14. The molecule has 3 rings (SSSR count). The Morgan fingerprint density at radius 2 is 2.05 bits per heavy atom. The van der Waals surface area contributed by atoms with E-state index in [2.05, 4.69) is 18.7 Å². The number of ether oxygens (including phenoxy) is 1. The van der Waals surface area contributed by atoms with Crippen molar-refractivity contribution in [1.29, 1.82) is 0 Å². The number of likely N-dealkylation sites (tertiary alicyclic amines) is 1. The fourth-order valence-corrected chi connectivity index (χ4v) is 4.07. The van der Waals surface area contributed by atoms with Crippen molar-refractivity contribution in [2.45, 2.75) is 51.7 Å². The number of amides is 1. The molecule has 2 atom stereocenters. The number of carbonyl (C=O) groups is 1. The van der Waals surface area contributed by atoms with Crippen molar-refractivity contribution in [2.24, 2.45) is 11.8 Å². The van der Waals surface area contributed by atoms with Gasteiger partial charge in [-0.15, -0.1) is 0 Å². The van der Waals surface area contributed by atoms with E-state index in [9.17, 15) is 4.79 Å². The van der Waals surface area contributed by atoms with E-state index in [1.165, 1.54) is 32.2 Å². The van der Waals surface area contributed by atoms with Crippen molar-refractivity contribution in [3.63, 3.8) is 0 Å². The lowest BCUT2D eigenvalue weighted by Crippen LogP contribution is -2.52. The number of rotatable bonds is 4. The highest BCUT2D eigenvalue weighted by Gasteiger charge is 2.41. The lowest BCUT2D eigenvalue weighted by molar-refractivity contribution is -0.125. The minimum Gasteiger partial charge on any atom is -0.373 e. The summed E-state index contributed by atoms with van der Waals surface area (Å²) in [7, 11) is 0. The summed E-state index contributed by atoms with van der Waals surface area (Å²) in [6.45, 7) is 8.83. The molecule has 1 aliphatic carbocycles. The highest BCUT2D eigenvalue weighted by atomic mass is 16.5. The first-order chi connectivity index (χ1) is 10.6. The van der Waals surface area contributed by atoms with E-state index in [1.807, 2.05) is 11.0 Å². The number of hydrogen-bond donors (Lipinski definition) is 0. The first-order valence-electron chi connectivity index (χ1n) is 8.96. The van der Waals surface area contributed by atoms with E-state index in [4.69, 9.17) is 4.74 Å². The largest absolute Gasteiger partial charge is 0.373 e. The highest BCUT2D eigenvalue weighted by molar-refractivity contribution is 5.87. The van der Waals surface area contributed by atoms with Crippen LogP contribution < -0.4 is 0 Å². The molecular formula is C18H30N2O2. The Hall–Kier alpha value is -0.870. The zero-order valence-electron chi connectivity index (χ0n) is 14.0. The minimum atomic E-state index is 0.146. The minimum absolute atomic E-state index is 0.146. The molecule has 2 heterocycles. The maximum absolute atomic E-state index is 12.3. The van der Waals surface area contributed by atoms with Gasteiger partial charge in [-0.1, -0.05) is 32.8 Å². The molecule has 1 amide bonds. The van der Waals surface area contributed by atoms with Crippen LogP contribution in [-0.2, 0) is 9.53 Å². The van der Waals surface area contributed by atoms with Gasteiger partial charge < -0.3 is 9.64 Å². The summed E-state index contributed by atoms with van der Waals surface area (Å²) in [6, 6.07) is 0.408. The van der Waals surface area contributed by atoms with Gasteiger partial charge in [0.2, 0.25) is 5.91 Å². The van der Waals surface area contributed by atoms with Crippen LogP contribution in [0.1, 0.15) is 39.5 Å². The summed E-state index contributed by atoms with van der Waals surface area (Å²) < 4.78 is 5.94. The van der Waals surface area contributed by atoms with Crippen molar-refractivity contribution >= 4 is 5.91 Å². The van der Waals surface area contributed by atoms with Gasteiger partial charge in [0.15, 0.2) is 0 Å². The Morgan fingerprint density at radius 3 is 2.77 bits per heavy atom. The molecule has 0 aromatic carbocycles. The quantitative estimate of drug-likeness (QED) is 0.747. The zero-order chi connectivity index (χ0) is 15.5. The third-order valence-electron chi connectivity index (χ3n) is 5.32. The van der Waals surface area contributed by atoms with Crippen LogP contribution in [0.2, 0.25) is 0 Å². The molecule has 0 N–H and O–H groups in total. The van der Waals surface area contributed by atoms with E-state index in [0.717, 1.165) is 32.2 Å². The van der Waals surface area contributed by atoms with Gasteiger partial charge in [-0.05, 0) is 30.8 Å². The van der Waals surface area contributed by atoms with E-state index < -0.39 is 0 Å². The fraction of sp³-hybridized carbons (Fsp3) is 0.833. The number of morpholine rings is 1. The van der Waals surface area contributed by atoms with Gasteiger partial charge in [0, 0.05) is 26.2 Å². The molecular weight excluding hydrogens is 276 g/mol. The van der Waals surface area contributed by atoms with Gasteiger partial charge in [-0.2, -0.15) is 0 Å². The van der Waals surface area contributed by atoms with Crippen LogP contribution in [0, 0.1) is 11.8 Å². The molecule has 4 heteroatoms. The van der Waals surface area contributed by atoms with Gasteiger partial charge in [0.05, 0.1) is 18.8 Å². The Balaban J connectivity index is 1.58. The average Bonchev–Trinajstić information content (AvgIpc) is 3.14. The third kappa shape index (κ3) is 3.72. The normalized spacial score (nSPS) is 30.6. The molecule has 4 nitrogen and oxygen atoms in total. The Morgan fingerprint density at radius 1 is 1.27 bits per heavy atom. The van der Waals surface area contributed by atoms with Crippen molar-refractivity contribution in [3.05, 3.63) is 12.2 Å². The smallest absolute Gasteiger partial charge is 0.246 e. The first kappa shape index (κ1) is 16.0. The van der Waals surface area contributed by atoms with Crippen molar-refractivity contribution in [2.75, 3.05) is 32.8 Å². The van der Waals surface area contributed by atoms with Crippen LogP contribution in [0.5, 0.6) is 0 Å². The van der Waals surface area contributed by atoms with E-state index in [-0.39, 0.29) is 12.0 Å². The lowest BCUT2D eigenvalue weighted by atomic mass is 10.0. The molecule has 0 radical (unpaired) electrons. The van der Waals surface area contributed by atoms with E-state index in [1.54, 1.807) is 6.08 Å². The first-order valence-corrected chi connectivity index (χ1v) is 8.96. The fourth-order valence-electron chi connectivity index (χ4n) is 4.07. The molecule has 3 fully saturated rings. The average molecular weight is 306 g/mol. The van der Waals surface area contributed by atoms with Gasteiger partial charge >= 0.3 is 0 Å².